The topological polar surface area (TPSA) is 81.1 Å². The summed E-state index contributed by atoms with van der Waals surface area (Å²) in [6.45, 7) is 1.75. The van der Waals surface area contributed by atoms with Crippen LogP contribution < -0.4 is 4.90 Å². The number of hydrogen-bond acceptors (Lipinski definition) is 7. The largest absolute Gasteiger partial charge is 0.421 e. The molecule has 26 heavy (non-hydrogen) atoms. The van der Waals surface area contributed by atoms with E-state index in [2.05, 4.69) is 20.4 Å². The van der Waals surface area contributed by atoms with Crippen molar-refractivity contribution >= 4 is 5.69 Å². The summed E-state index contributed by atoms with van der Waals surface area (Å²) in [6, 6.07) is 15.5. The highest BCUT2D eigenvalue weighted by atomic mass is 16.4. The van der Waals surface area contributed by atoms with E-state index in [9.17, 15) is 0 Å². The first-order chi connectivity index (χ1) is 12.6. The van der Waals surface area contributed by atoms with Crippen LogP contribution in [0, 0.1) is 6.92 Å². The fourth-order valence-corrected chi connectivity index (χ4v) is 2.63. The second kappa shape index (κ2) is 6.44. The second-order valence-electron chi connectivity index (χ2n) is 6.03. The van der Waals surface area contributed by atoms with Gasteiger partial charge in [-0.2, -0.15) is 0 Å². The average Bonchev–Trinajstić information content (AvgIpc) is 3.31. The Balaban J connectivity index is 1.75. The Labute approximate surface area is 150 Å². The molecule has 2 aromatic carbocycles. The van der Waals surface area contributed by atoms with Crippen molar-refractivity contribution in [1.82, 2.24) is 20.4 Å². The van der Waals surface area contributed by atoms with Gasteiger partial charge < -0.3 is 13.7 Å². The third-order valence-electron chi connectivity index (χ3n) is 3.95. The molecule has 0 unspecified atom stereocenters. The van der Waals surface area contributed by atoms with Gasteiger partial charge >= 0.3 is 0 Å². The van der Waals surface area contributed by atoms with Crippen LogP contribution in [0.25, 0.3) is 34.4 Å². The molecule has 0 radical (unpaired) electrons. The quantitative estimate of drug-likeness (QED) is 0.555. The highest BCUT2D eigenvalue weighted by molar-refractivity contribution is 5.75. The predicted molar refractivity (Wildman–Crippen MR) is 97.5 cm³/mol. The van der Waals surface area contributed by atoms with E-state index in [0.717, 1.165) is 22.4 Å². The van der Waals surface area contributed by atoms with E-state index >= 15 is 0 Å². The number of benzene rings is 2. The van der Waals surface area contributed by atoms with Crippen LogP contribution in [0.2, 0.25) is 0 Å². The van der Waals surface area contributed by atoms with Crippen LogP contribution in [0.15, 0.2) is 57.4 Å². The van der Waals surface area contributed by atoms with Gasteiger partial charge in [0, 0.05) is 32.3 Å². The predicted octanol–water partition coefficient (Wildman–Crippen LogP) is 3.83. The third-order valence-corrected chi connectivity index (χ3v) is 3.95. The minimum Gasteiger partial charge on any atom is -0.421 e. The summed E-state index contributed by atoms with van der Waals surface area (Å²) in [5.41, 5.74) is 3.43. The maximum Gasteiger partial charge on any atom is 0.248 e. The number of hydrogen-bond donors (Lipinski definition) is 0. The van der Waals surface area contributed by atoms with Gasteiger partial charge in [-0.25, -0.2) is 0 Å². The van der Waals surface area contributed by atoms with Crippen molar-refractivity contribution in [3.05, 3.63) is 54.4 Å². The van der Waals surface area contributed by atoms with Gasteiger partial charge in [0.25, 0.3) is 0 Å². The first kappa shape index (κ1) is 16.0. The van der Waals surface area contributed by atoms with Gasteiger partial charge in [-0.1, -0.05) is 18.2 Å². The lowest BCUT2D eigenvalue weighted by atomic mass is 10.1. The van der Waals surface area contributed by atoms with Crippen LogP contribution in [0.4, 0.5) is 5.69 Å². The molecule has 0 aliphatic carbocycles. The van der Waals surface area contributed by atoms with E-state index in [1.54, 1.807) is 6.92 Å². The number of aromatic nitrogens is 4. The highest BCUT2D eigenvalue weighted by Crippen LogP contribution is 2.32. The molecule has 130 valence electrons. The lowest BCUT2D eigenvalue weighted by Gasteiger charge is -2.12. The SMILES string of the molecule is Cc1nnc(-c2ccccc2-c2nnc(-c3cccc(N(C)C)c3)o2)o1. The smallest absolute Gasteiger partial charge is 0.248 e. The number of rotatable bonds is 4. The zero-order chi connectivity index (χ0) is 18.1. The van der Waals surface area contributed by atoms with Crippen molar-refractivity contribution < 1.29 is 8.83 Å². The summed E-state index contributed by atoms with van der Waals surface area (Å²) < 4.78 is 11.5. The molecule has 0 spiro atoms. The summed E-state index contributed by atoms with van der Waals surface area (Å²) in [5, 5.41) is 16.4. The van der Waals surface area contributed by atoms with Gasteiger partial charge in [0.2, 0.25) is 23.6 Å². The first-order valence-corrected chi connectivity index (χ1v) is 8.13. The Hall–Kier alpha value is -3.48. The van der Waals surface area contributed by atoms with Gasteiger partial charge in [0.05, 0.1) is 11.1 Å². The second-order valence-corrected chi connectivity index (χ2v) is 6.03. The molecule has 7 heteroatoms. The molecular weight excluding hydrogens is 330 g/mol. The van der Waals surface area contributed by atoms with Crippen molar-refractivity contribution in [3.8, 4) is 34.4 Å². The minimum atomic E-state index is 0.404. The fourth-order valence-electron chi connectivity index (χ4n) is 2.63. The number of anilines is 1. The molecule has 2 aromatic heterocycles. The number of nitrogens with zero attached hydrogens (tertiary/aromatic N) is 5. The monoisotopic (exact) mass is 347 g/mol. The molecule has 7 nitrogen and oxygen atoms in total. The molecule has 0 bridgehead atoms. The summed E-state index contributed by atoms with van der Waals surface area (Å²) in [4.78, 5) is 2.02. The highest BCUT2D eigenvalue weighted by Gasteiger charge is 2.18. The lowest BCUT2D eigenvalue weighted by Crippen LogP contribution is -2.08. The van der Waals surface area contributed by atoms with Crippen molar-refractivity contribution in [2.24, 2.45) is 0 Å². The number of aryl methyl sites for hydroxylation is 1. The Morgan fingerprint density at radius 2 is 1.38 bits per heavy atom. The van der Waals surface area contributed by atoms with Crippen LogP contribution in [-0.2, 0) is 0 Å². The molecule has 2 heterocycles. The Bertz CT molecular complexity index is 1050. The molecule has 0 aliphatic rings. The molecule has 0 atom stereocenters. The average molecular weight is 347 g/mol. The standard InChI is InChI=1S/C19H17N5O2/c1-12-20-22-18(25-12)15-9-4-5-10-16(15)19-23-21-17(26-19)13-7-6-8-14(11-13)24(2)3/h4-11H,1-3H3. The van der Waals surface area contributed by atoms with Gasteiger partial charge in [-0.3, -0.25) is 0 Å². The lowest BCUT2D eigenvalue weighted by molar-refractivity contribution is 0.532. The van der Waals surface area contributed by atoms with E-state index in [0.29, 0.717) is 23.6 Å². The Morgan fingerprint density at radius 3 is 2.04 bits per heavy atom. The summed E-state index contributed by atoms with van der Waals surface area (Å²) in [7, 11) is 3.97. The van der Waals surface area contributed by atoms with Gasteiger partial charge in [-0.15, -0.1) is 20.4 Å². The molecule has 4 aromatic rings. The maximum atomic E-state index is 5.93. The molecule has 0 N–H and O–H groups in total. The molecule has 0 amide bonds. The van der Waals surface area contributed by atoms with Gasteiger partial charge in [0.15, 0.2) is 0 Å². The maximum absolute atomic E-state index is 5.93. The van der Waals surface area contributed by atoms with Crippen LogP contribution in [0.5, 0.6) is 0 Å². The Morgan fingerprint density at radius 1 is 0.731 bits per heavy atom. The molecule has 0 saturated carbocycles. The van der Waals surface area contributed by atoms with E-state index in [-0.39, 0.29) is 0 Å². The molecule has 0 fully saturated rings. The fraction of sp³-hybridized carbons (Fsp3) is 0.158. The van der Waals surface area contributed by atoms with E-state index < -0.39 is 0 Å². The van der Waals surface area contributed by atoms with Crippen molar-refractivity contribution in [2.75, 3.05) is 19.0 Å². The van der Waals surface area contributed by atoms with Crippen LogP contribution >= 0.6 is 0 Å². The summed E-state index contributed by atoms with van der Waals surface area (Å²) in [6.07, 6.45) is 0. The van der Waals surface area contributed by atoms with Gasteiger partial charge in [-0.05, 0) is 30.3 Å². The zero-order valence-electron chi connectivity index (χ0n) is 14.7. The molecule has 4 rings (SSSR count). The van der Waals surface area contributed by atoms with Crippen molar-refractivity contribution in [1.29, 1.82) is 0 Å². The van der Waals surface area contributed by atoms with Gasteiger partial charge in [0.1, 0.15) is 0 Å². The first-order valence-electron chi connectivity index (χ1n) is 8.13. The van der Waals surface area contributed by atoms with E-state index in [4.69, 9.17) is 8.83 Å². The van der Waals surface area contributed by atoms with E-state index in [1.807, 2.05) is 67.5 Å². The zero-order valence-corrected chi connectivity index (χ0v) is 14.7. The molecular formula is C19H17N5O2. The van der Waals surface area contributed by atoms with Crippen LogP contribution in [-0.4, -0.2) is 34.5 Å². The summed E-state index contributed by atoms with van der Waals surface area (Å²) >= 11 is 0. The molecule has 0 saturated heterocycles. The van der Waals surface area contributed by atoms with Crippen LogP contribution in [0.3, 0.4) is 0 Å². The molecule has 0 aliphatic heterocycles. The van der Waals surface area contributed by atoms with E-state index in [1.165, 1.54) is 0 Å². The third kappa shape index (κ3) is 2.95. The van der Waals surface area contributed by atoms with Crippen molar-refractivity contribution in [3.63, 3.8) is 0 Å². The normalized spacial score (nSPS) is 10.9. The Kier molecular flexibility index (Phi) is 3.96. The summed E-state index contributed by atoms with van der Waals surface area (Å²) in [5.74, 6) is 1.79. The minimum absolute atomic E-state index is 0.404. The van der Waals surface area contributed by atoms with Crippen LogP contribution in [0.1, 0.15) is 5.89 Å². The van der Waals surface area contributed by atoms with Crippen molar-refractivity contribution in [2.45, 2.75) is 6.92 Å².